The zero-order valence-electron chi connectivity index (χ0n) is 14.9. The predicted molar refractivity (Wildman–Crippen MR) is 95.9 cm³/mol. The lowest BCUT2D eigenvalue weighted by Gasteiger charge is -2.29. The Hall–Kier alpha value is -2.37. The highest BCUT2D eigenvalue weighted by atomic mass is 19.4. The molecule has 0 spiro atoms. The Morgan fingerprint density at radius 1 is 1.07 bits per heavy atom. The molecule has 1 aliphatic carbocycles. The number of anilines is 1. The van der Waals surface area contributed by atoms with E-state index in [1.807, 2.05) is 19.1 Å². The van der Waals surface area contributed by atoms with Crippen molar-refractivity contribution in [2.45, 2.75) is 44.7 Å². The van der Waals surface area contributed by atoms with Crippen LogP contribution < -0.4 is 5.32 Å². The highest BCUT2D eigenvalue weighted by Gasteiger charge is 2.32. The van der Waals surface area contributed by atoms with Gasteiger partial charge in [0, 0.05) is 5.92 Å². The largest absolute Gasteiger partial charge is 0.416 e. The van der Waals surface area contributed by atoms with Crippen molar-refractivity contribution < 1.29 is 22.4 Å². The van der Waals surface area contributed by atoms with Crippen LogP contribution in [-0.2, 0) is 11.0 Å². The molecule has 1 amide bonds. The summed E-state index contributed by atoms with van der Waals surface area (Å²) in [6.07, 6.45) is -1.41. The van der Waals surface area contributed by atoms with Crippen molar-refractivity contribution in [3.05, 3.63) is 65.0 Å². The molecule has 0 aromatic heterocycles. The standard InChI is InChI=1S/C21H21F4NO/c1-13-5-7-14(8-6-13)15-3-2-4-16(11-15)20(27)26-19-10-9-17(12-18(19)22)21(23,24)25/h5-10,12,15-16H,2-4,11H2,1H3,(H,26,27). The van der Waals surface area contributed by atoms with E-state index < -0.39 is 17.6 Å². The first-order valence-corrected chi connectivity index (χ1v) is 8.98. The lowest BCUT2D eigenvalue weighted by molar-refractivity contribution is -0.137. The van der Waals surface area contributed by atoms with E-state index in [1.54, 1.807) is 0 Å². The fourth-order valence-electron chi connectivity index (χ4n) is 3.60. The first kappa shape index (κ1) is 19.4. The Balaban J connectivity index is 1.68. The van der Waals surface area contributed by atoms with Gasteiger partial charge in [-0.05, 0) is 55.9 Å². The average Bonchev–Trinajstić information content (AvgIpc) is 2.63. The number of alkyl halides is 3. The second-order valence-corrected chi connectivity index (χ2v) is 7.15. The SMILES string of the molecule is Cc1ccc(C2CCCC(C(=O)Nc3ccc(C(F)(F)F)cc3F)C2)cc1. The lowest BCUT2D eigenvalue weighted by Crippen LogP contribution is -2.28. The molecule has 1 fully saturated rings. The maximum atomic E-state index is 14.0. The number of hydrogen-bond acceptors (Lipinski definition) is 1. The van der Waals surface area contributed by atoms with Crippen LogP contribution in [0, 0.1) is 18.7 Å². The lowest BCUT2D eigenvalue weighted by atomic mass is 9.77. The molecule has 144 valence electrons. The molecule has 2 aromatic rings. The van der Waals surface area contributed by atoms with Crippen molar-refractivity contribution in [2.75, 3.05) is 5.32 Å². The van der Waals surface area contributed by atoms with Gasteiger partial charge in [0.1, 0.15) is 5.82 Å². The van der Waals surface area contributed by atoms with Crippen LogP contribution in [0.15, 0.2) is 42.5 Å². The van der Waals surface area contributed by atoms with Gasteiger partial charge in [0.05, 0.1) is 11.3 Å². The molecule has 2 aromatic carbocycles. The number of carbonyl (C=O) groups is 1. The molecule has 27 heavy (non-hydrogen) atoms. The fourth-order valence-corrected chi connectivity index (χ4v) is 3.60. The number of halogens is 4. The van der Waals surface area contributed by atoms with Gasteiger partial charge in [0.25, 0.3) is 0 Å². The molecule has 0 heterocycles. The van der Waals surface area contributed by atoms with Gasteiger partial charge < -0.3 is 5.32 Å². The first-order valence-electron chi connectivity index (χ1n) is 8.98. The van der Waals surface area contributed by atoms with Crippen LogP contribution in [0.4, 0.5) is 23.2 Å². The summed E-state index contributed by atoms with van der Waals surface area (Å²) in [7, 11) is 0. The molecule has 1 aliphatic rings. The second kappa shape index (κ2) is 7.71. The highest BCUT2D eigenvalue weighted by molar-refractivity contribution is 5.92. The smallest absolute Gasteiger partial charge is 0.323 e. The molecule has 1 N–H and O–H groups in total. The zero-order chi connectivity index (χ0) is 19.6. The Morgan fingerprint density at radius 3 is 2.41 bits per heavy atom. The Bertz CT molecular complexity index is 814. The van der Waals surface area contributed by atoms with Gasteiger partial charge in [0.15, 0.2) is 0 Å². The van der Waals surface area contributed by atoms with Crippen LogP contribution in [0.25, 0.3) is 0 Å². The third-order valence-corrected chi connectivity index (χ3v) is 5.15. The minimum absolute atomic E-state index is 0.217. The third kappa shape index (κ3) is 4.67. The number of nitrogens with one attached hydrogen (secondary N) is 1. The predicted octanol–water partition coefficient (Wildman–Crippen LogP) is 6.07. The summed E-state index contributed by atoms with van der Waals surface area (Å²) < 4.78 is 51.9. The minimum atomic E-state index is -4.62. The minimum Gasteiger partial charge on any atom is -0.323 e. The van der Waals surface area contributed by atoms with Crippen molar-refractivity contribution in [2.24, 2.45) is 5.92 Å². The molecule has 2 unspecified atom stereocenters. The van der Waals surface area contributed by atoms with Gasteiger partial charge in [0.2, 0.25) is 5.91 Å². The molecule has 3 rings (SSSR count). The van der Waals surface area contributed by atoms with E-state index in [0.717, 1.165) is 25.0 Å². The van der Waals surface area contributed by atoms with E-state index in [1.165, 1.54) is 11.1 Å². The summed E-state index contributed by atoms with van der Waals surface area (Å²) in [4.78, 5) is 12.5. The molecule has 0 saturated heterocycles. The molecule has 0 aliphatic heterocycles. The Morgan fingerprint density at radius 2 is 1.78 bits per heavy atom. The van der Waals surface area contributed by atoms with E-state index in [9.17, 15) is 22.4 Å². The monoisotopic (exact) mass is 379 g/mol. The molecule has 0 radical (unpaired) electrons. The maximum absolute atomic E-state index is 14.0. The van der Waals surface area contributed by atoms with Gasteiger partial charge in [-0.3, -0.25) is 4.79 Å². The number of rotatable bonds is 3. The van der Waals surface area contributed by atoms with Gasteiger partial charge in [-0.2, -0.15) is 13.2 Å². The Kier molecular flexibility index (Phi) is 5.53. The van der Waals surface area contributed by atoms with E-state index in [0.29, 0.717) is 18.9 Å². The molecule has 2 nitrogen and oxygen atoms in total. The van der Waals surface area contributed by atoms with Crippen LogP contribution in [-0.4, -0.2) is 5.91 Å². The van der Waals surface area contributed by atoms with Crippen molar-refractivity contribution >= 4 is 11.6 Å². The van der Waals surface area contributed by atoms with E-state index in [4.69, 9.17) is 0 Å². The zero-order valence-corrected chi connectivity index (χ0v) is 14.9. The van der Waals surface area contributed by atoms with Crippen LogP contribution >= 0.6 is 0 Å². The summed E-state index contributed by atoms with van der Waals surface area (Å²) in [5, 5.41) is 2.46. The van der Waals surface area contributed by atoms with Gasteiger partial charge in [-0.15, -0.1) is 0 Å². The van der Waals surface area contributed by atoms with Crippen molar-refractivity contribution in [3.63, 3.8) is 0 Å². The van der Waals surface area contributed by atoms with Gasteiger partial charge in [-0.1, -0.05) is 36.2 Å². The third-order valence-electron chi connectivity index (χ3n) is 5.15. The number of aryl methyl sites for hydroxylation is 1. The maximum Gasteiger partial charge on any atom is 0.416 e. The number of benzene rings is 2. The number of hydrogen-bond donors (Lipinski definition) is 1. The molecule has 1 saturated carbocycles. The molecular weight excluding hydrogens is 358 g/mol. The molecular formula is C21H21F4NO. The van der Waals surface area contributed by atoms with Crippen LogP contribution in [0.1, 0.15) is 48.3 Å². The average molecular weight is 379 g/mol. The quantitative estimate of drug-likeness (QED) is 0.645. The molecule has 2 atom stereocenters. The highest BCUT2D eigenvalue weighted by Crippen LogP contribution is 2.37. The summed E-state index contributed by atoms with van der Waals surface area (Å²) in [5.41, 5.74) is 1.06. The summed E-state index contributed by atoms with van der Waals surface area (Å²) in [5.74, 6) is -1.45. The molecule has 6 heteroatoms. The van der Waals surface area contributed by atoms with Crippen LogP contribution in [0.5, 0.6) is 0 Å². The van der Waals surface area contributed by atoms with Crippen molar-refractivity contribution in [1.82, 2.24) is 0 Å². The van der Waals surface area contributed by atoms with E-state index >= 15 is 0 Å². The summed E-state index contributed by atoms with van der Waals surface area (Å²) in [6.45, 7) is 2.01. The normalized spacial score (nSPS) is 20.3. The summed E-state index contributed by atoms with van der Waals surface area (Å²) >= 11 is 0. The van der Waals surface area contributed by atoms with Crippen molar-refractivity contribution in [3.8, 4) is 0 Å². The molecule has 0 bridgehead atoms. The first-order chi connectivity index (χ1) is 12.7. The van der Waals surface area contributed by atoms with Gasteiger partial charge >= 0.3 is 6.18 Å². The summed E-state index contributed by atoms with van der Waals surface area (Å²) in [6, 6.07) is 10.4. The van der Waals surface area contributed by atoms with Crippen LogP contribution in [0.2, 0.25) is 0 Å². The Labute approximate surface area is 155 Å². The van der Waals surface area contributed by atoms with Crippen LogP contribution in [0.3, 0.4) is 0 Å². The number of carbonyl (C=O) groups excluding carboxylic acids is 1. The van der Waals surface area contributed by atoms with E-state index in [-0.39, 0.29) is 23.4 Å². The fraction of sp³-hybridized carbons (Fsp3) is 0.381. The second-order valence-electron chi connectivity index (χ2n) is 7.15. The van der Waals surface area contributed by atoms with Crippen molar-refractivity contribution in [1.29, 1.82) is 0 Å². The van der Waals surface area contributed by atoms with E-state index in [2.05, 4.69) is 17.4 Å². The number of amides is 1. The van der Waals surface area contributed by atoms with Gasteiger partial charge in [-0.25, -0.2) is 4.39 Å². The topological polar surface area (TPSA) is 29.1 Å².